The van der Waals surface area contributed by atoms with Crippen LogP contribution in [0.4, 0.5) is 16.0 Å². The number of methoxy groups -OCH3 is 1. The van der Waals surface area contributed by atoms with Gasteiger partial charge in [0.2, 0.25) is 11.8 Å². The second-order valence-corrected chi connectivity index (χ2v) is 15.0. The maximum Gasteiger partial charge on any atom is 0.332 e. The second kappa shape index (κ2) is 10.5. The summed E-state index contributed by atoms with van der Waals surface area (Å²) in [6.45, 7) is 9.10. The van der Waals surface area contributed by atoms with Crippen LogP contribution in [-0.2, 0) is 11.5 Å². The van der Waals surface area contributed by atoms with Crippen molar-refractivity contribution >= 4 is 30.9 Å². The number of halogens is 1. The first-order valence-electron chi connectivity index (χ1n) is 11.3. The Morgan fingerprint density at radius 3 is 2.56 bits per heavy atom. The minimum absolute atomic E-state index is 0.0420. The zero-order chi connectivity index (χ0) is 25.9. The van der Waals surface area contributed by atoms with Crippen LogP contribution in [0, 0.1) is 5.82 Å². The molecule has 0 bridgehead atoms. The van der Waals surface area contributed by atoms with E-state index in [0.717, 1.165) is 18.4 Å². The normalized spacial score (nSPS) is 12.6. The third-order valence-corrected chi connectivity index (χ3v) is 7.14. The molecule has 1 atom stereocenters. The molecule has 0 aromatic carbocycles. The summed E-state index contributed by atoms with van der Waals surface area (Å²) in [7, 11) is 0.193. The van der Waals surface area contributed by atoms with Crippen LogP contribution >= 0.6 is 0 Å². The summed E-state index contributed by atoms with van der Waals surface area (Å²) in [5.41, 5.74) is 0.897. The molecule has 0 saturated carbocycles. The van der Waals surface area contributed by atoms with Gasteiger partial charge in [-0.2, -0.15) is 9.97 Å². The van der Waals surface area contributed by atoms with Gasteiger partial charge in [-0.05, 0) is 13.0 Å². The lowest BCUT2D eigenvalue weighted by molar-refractivity contribution is 0.0870. The molecule has 0 amide bonds. The van der Waals surface area contributed by atoms with Crippen LogP contribution in [0.25, 0.3) is 11.2 Å². The fourth-order valence-corrected chi connectivity index (χ4v) is 4.22. The molecule has 4 heterocycles. The Labute approximate surface area is 207 Å². The standard InChI is InChI=1S/C22H28FN9O3Si/c1-14(18-25-8-15(23)9-26-18)32-19-17(31(22(32)33)13-35-6-7-36(3,4)5)11-27-21(30-19)29-16-10-24-12-28-20(16)34-2/h8-12,14H,6-7,13H2,1-5H3,(H,27,29,30)/t14-/m1/s1. The molecule has 0 aliphatic rings. The Kier molecular flexibility index (Phi) is 7.35. The number of hydrogen-bond donors (Lipinski definition) is 1. The molecular formula is C22H28FN9O3Si. The molecule has 14 heteroatoms. The highest BCUT2D eigenvalue weighted by atomic mass is 28.3. The average Bonchev–Trinajstić information content (AvgIpc) is 3.12. The van der Waals surface area contributed by atoms with E-state index in [2.05, 4.69) is 54.9 Å². The van der Waals surface area contributed by atoms with Crippen LogP contribution in [0.15, 0.2) is 35.9 Å². The van der Waals surface area contributed by atoms with E-state index < -0.39 is 19.9 Å². The number of nitrogens with zero attached hydrogens (tertiary/aromatic N) is 8. The zero-order valence-electron chi connectivity index (χ0n) is 20.8. The highest BCUT2D eigenvalue weighted by Gasteiger charge is 2.23. The number of fused-ring (bicyclic) bond motifs is 1. The van der Waals surface area contributed by atoms with Crippen LogP contribution in [-0.4, -0.2) is 60.8 Å². The second-order valence-electron chi connectivity index (χ2n) is 9.34. The van der Waals surface area contributed by atoms with E-state index >= 15 is 0 Å². The summed E-state index contributed by atoms with van der Waals surface area (Å²) in [6.07, 6.45) is 6.55. The summed E-state index contributed by atoms with van der Waals surface area (Å²) in [6, 6.07) is 0.326. The average molecular weight is 514 g/mol. The molecule has 0 unspecified atom stereocenters. The van der Waals surface area contributed by atoms with Gasteiger partial charge in [0.05, 0.1) is 37.9 Å². The van der Waals surface area contributed by atoms with Gasteiger partial charge in [0.25, 0.3) is 0 Å². The molecule has 0 fully saturated rings. The first-order valence-corrected chi connectivity index (χ1v) is 15.0. The maximum absolute atomic E-state index is 13.5. The van der Waals surface area contributed by atoms with E-state index in [1.54, 1.807) is 13.1 Å². The lowest BCUT2D eigenvalue weighted by Crippen LogP contribution is -2.29. The van der Waals surface area contributed by atoms with Gasteiger partial charge in [-0.15, -0.1) is 0 Å². The molecule has 190 valence electrons. The van der Waals surface area contributed by atoms with Crippen LogP contribution in [0.3, 0.4) is 0 Å². The SMILES string of the molecule is COc1ncncc1Nc1ncc2c(n1)n([C@H](C)c1ncc(F)cn1)c(=O)n2COCC[Si](C)(C)C. The third kappa shape index (κ3) is 5.54. The van der Waals surface area contributed by atoms with Crippen molar-refractivity contribution in [1.29, 1.82) is 0 Å². The van der Waals surface area contributed by atoms with Crippen molar-refractivity contribution < 1.29 is 13.9 Å². The van der Waals surface area contributed by atoms with Crippen molar-refractivity contribution in [2.75, 3.05) is 19.0 Å². The summed E-state index contributed by atoms with van der Waals surface area (Å²) in [4.78, 5) is 38.6. The topological polar surface area (TPSA) is 135 Å². The van der Waals surface area contributed by atoms with Gasteiger partial charge in [-0.3, -0.25) is 9.13 Å². The monoisotopic (exact) mass is 513 g/mol. The van der Waals surface area contributed by atoms with Crippen molar-refractivity contribution in [3.05, 3.63) is 53.2 Å². The minimum atomic E-state index is -1.29. The predicted octanol–water partition coefficient (Wildman–Crippen LogP) is 2.99. The Hall–Kier alpha value is -3.78. The summed E-state index contributed by atoms with van der Waals surface area (Å²) < 4.78 is 27.4. The van der Waals surface area contributed by atoms with Crippen LogP contribution in [0.2, 0.25) is 25.7 Å². The number of imidazole rings is 1. The number of aromatic nitrogens is 8. The van der Waals surface area contributed by atoms with Gasteiger partial charge < -0.3 is 14.8 Å². The minimum Gasteiger partial charge on any atom is -0.479 e. The zero-order valence-corrected chi connectivity index (χ0v) is 21.8. The molecule has 12 nitrogen and oxygen atoms in total. The maximum atomic E-state index is 13.5. The number of nitrogens with one attached hydrogen (secondary N) is 1. The fourth-order valence-electron chi connectivity index (χ4n) is 3.47. The van der Waals surface area contributed by atoms with E-state index in [1.807, 2.05) is 0 Å². The number of rotatable bonds is 10. The van der Waals surface area contributed by atoms with Crippen molar-refractivity contribution in [3.8, 4) is 5.88 Å². The highest BCUT2D eigenvalue weighted by molar-refractivity contribution is 6.76. The largest absolute Gasteiger partial charge is 0.479 e. The molecule has 36 heavy (non-hydrogen) atoms. The molecule has 4 aromatic heterocycles. The molecule has 4 rings (SSSR count). The summed E-state index contributed by atoms with van der Waals surface area (Å²) in [5.74, 6) is 0.216. The lowest BCUT2D eigenvalue weighted by atomic mass is 10.3. The van der Waals surface area contributed by atoms with Gasteiger partial charge in [0.1, 0.15) is 24.3 Å². The molecule has 0 aliphatic carbocycles. The molecule has 0 saturated heterocycles. The van der Waals surface area contributed by atoms with E-state index in [-0.39, 0.29) is 24.2 Å². The van der Waals surface area contributed by atoms with Gasteiger partial charge in [0, 0.05) is 14.7 Å². The van der Waals surface area contributed by atoms with E-state index in [4.69, 9.17) is 9.47 Å². The lowest BCUT2D eigenvalue weighted by Gasteiger charge is -2.15. The van der Waals surface area contributed by atoms with Crippen LogP contribution in [0.5, 0.6) is 5.88 Å². The van der Waals surface area contributed by atoms with E-state index in [0.29, 0.717) is 29.3 Å². The van der Waals surface area contributed by atoms with E-state index in [1.165, 1.54) is 28.8 Å². The molecule has 0 spiro atoms. The van der Waals surface area contributed by atoms with E-state index in [9.17, 15) is 9.18 Å². The molecule has 0 aliphatic heterocycles. The molecule has 1 N–H and O–H groups in total. The smallest absolute Gasteiger partial charge is 0.332 e. The predicted molar refractivity (Wildman–Crippen MR) is 134 cm³/mol. The number of ether oxygens (including phenoxy) is 2. The number of hydrogen-bond acceptors (Lipinski definition) is 10. The summed E-state index contributed by atoms with van der Waals surface area (Å²) in [5, 5.41) is 3.02. The quantitative estimate of drug-likeness (QED) is 0.249. The first-order chi connectivity index (χ1) is 17.2. The molecule has 0 radical (unpaired) electrons. The van der Waals surface area contributed by atoms with Crippen LogP contribution < -0.4 is 15.7 Å². The fraction of sp³-hybridized carbons (Fsp3) is 0.409. The van der Waals surface area contributed by atoms with Crippen molar-refractivity contribution in [3.63, 3.8) is 0 Å². The van der Waals surface area contributed by atoms with Crippen LogP contribution in [0.1, 0.15) is 18.8 Å². The van der Waals surface area contributed by atoms with Gasteiger partial charge in [0.15, 0.2) is 17.3 Å². The van der Waals surface area contributed by atoms with Crippen molar-refractivity contribution in [1.82, 2.24) is 39.0 Å². The highest BCUT2D eigenvalue weighted by Crippen LogP contribution is 2.24. The Morgan fingerprint density at radius 1 is 1.11 bits per heavy atom. The molecular weight excluding hydrogens is 485 g/mol. The third-order valence-electron chi connectivity index (χ3n) is 5.44. The van der Waals surface area contributed by atoms with Gasteiger partial charge in [-0.25, -0.2) is 29.1 Å². The first kappa shape index (κ1) is 25.3. The van der Waals surface area contributed by atoms with Gasteiger partial charge in [-0.1, -0.05) is 19.6 Å². The Morgan fingerprint density at radius 2 is 1.86 bits per heavy atom. The molecule has 4 aromatic rings. The van der Waals surface area contributed by atoms with Crippen molar-refractivity contribution in [2.24, 2.45) is 0 Å². The Bertz CT molecular complexity index is 1400. The summed E-state index contributed by atoms with van der Waals surface area (Å²) >= 11 is 0. The van der Waals surface area contributed by atoms with Crippen molar-refractivity contribution in [2.45, 2.75) is 45.4 Å². The Balaban J connectivity index is 1.75. The number of anilines is 2. The van der Waals surface area contributed by atoms with Gasteiger partial charge >= 0.3 is 5.69 Å².